The second-order valence-electron chi connectivity index (χ2n) is 8.70. The van der Waals surface area contributed by atoms with Gasteiger partial charge in [-0.05, 0) is 24.6 Å². The smallest absolute Gasteiger partial charge is 0.247 e. The Morgan fingerprint density at radius 1 is 0.889 bits per heavy atom. The van der Waals surface area contributed by atoms with E-state index in [1.165, 1.54) is 5.56 Å². The zero-order valence-corrected chi connectivity index (χ0v) is 20.1. The molecule has 2 heterocycles. The Kier molecular flexibility index (Phi) is 6.98. The molecule has 1 amide bonds. The lowest BCUT2D eigenvalue weighted by atomic mass is 10.1. The molecule has 5 aromatic rings. The highest BCUT2D eigenvalue weighted by molar-refractivity contribution is 5.76. The van der Waals surface area contributed by atoms with E-state index in [1.54, 1.807) is 0 Å². The van der Waals surface area contributed by atoms with Crippen molar-refractivity contribution >= 4 is 5.91 Å². The van der Waals surface area contributed by atoms with Gasteiger partial charge in [-0.25, -0.2) is 0 Å². The zero-order valence-electron chi connectivity index (χ0n) is 20.1. The van der Waals surface area contributed by atoms with E-state index in [9.17, 15) is 4.79 Å². The molecule has 0 aliphatic rings. The van der Waals surface area contributed by atoms with E-state index in [0.717, 1.165) is 27.9 Å². The second-order valence-corrected chi connectivity index (χ2v) is 8.70. The van der Waals surface area contributed by atoms with Crippen LogP contribution in [0.3, 0.4) is 0 Å². The molecule has 0 saturated carbocycles. The highest BCUT2D eigenvalue weighted by atomic mass is 16.4. The summed E-state index contributed by atoms with van der Waals surface area (Å²) in [6.45, 7) is 3.07. The summed E-state index contributed by atoms with van der Waals surface area (Å²) in [6, 6.07) is 28.1. The molecule has 0 saturated heterocycles. The number of amides is 1. The fourth-order valence-corrected chi connectivity index (χ4v) is 3.95. The van der Waals surface area contributed by atoms with Crippen LogP contribution in [-0.2, 0) is 24.3 Å². The molecular weight excluding hydrogens is 450 g/mol. The monoisotopic (exact) mass is 477 g/mol. The lowest BCUT2D eigenvalue weighted by Gasteiger charge is -2.05. The molecule has 0 fully saturated rings. The summed E-state index contributed by atoms with van der Waals surface area (Å²) in [7, 11) is 0. The van der Waals surface area contributed by atoms with Crippen molar-refractivity contribution in [1.82, 2.24) is 25.3 Å². The van der Waals surface area contributed by atoms with Crippen molar-refractivity contribution in [2.45, 2.75) is 32.9 Å². The summed E-state index contributed by atoms with van der Waals surface area (Å²) in [5, 5.41) is 16.0. The fraction of sp³-hybridized carbons (Fsp3) is 0.172. The van der Waals surface area contributed by atoms with E-state index < -0.39 is 0 Å². The molecule has 0 aliphatic heterocycles. The molecule has 0 unspecified atom stereocenters. The van der Waals surface area contributed by atoms with Crippen LogP contribution in [0.5, 0.6) is 0 Å². The van der Waals surface area contributed by atoms with Gasteiger partial charge in [-0.1, -0.05) is 78.4 Å². The molecule has 0 bridgehead atoms. The van der Waals surface area contributed by atoms with E-state index in [2.05, 4.69) is 27.6 Å². The molecule has 7 nitrogen and oxygen atoms in total. The third-order valence-electron chi connectivity index (χ3n) is 5.88. The van der Waals surface area contributed by atoms with Crippen molar-refractivity contribution in [2.24, 2.45) is 0 Å². The van der Waals surface area contributed by atoms with Crippen LogP contribution in [0.2, 0.25) is 0 Å². The minimum atomic E-state index is -0.0834. The van der Waals surface area contributed by atoms with Crippen molar-refractivity contribution < 1.29 is 9.21 Å². The molecule has 180 valence electrons. The maximum Gasteiger partial charge on any atom is 0.247 e. The van der Waals surface area contributed by atoms with Gasteiger partial charge in [-0.2, -0.15) is 5.10 Å². The van der Waals surface area contributed by atoms with Gasteiger partial charge in [0.25, 0.3) is 0 Å². The molecule has 1 N–H and O–H groups in total. The lowest BCUT2D eigenvalue weighted by Crippen LogP contribution is -2.23. The van der Waals surface area contributed by atoms with Crippen LogP contribution in [0.1, 0.15) is 29.0 Å². The predicted molar refractivity (Wildman–Crippen MR) is 138 cm³/mol. The number of hydrogen-bond donors (Lipinski definition) is 1. The number of hydrogen-bond acceptors (Lipinski definition) is 5. The van der Waals surface area contributed by atoms with Crippen LogP contribution in [0.15, 0.2) is 95.5 Å². The highest BCUT2D eigenvalue weighted by Crippen LogP contribution is 2.23. The average molecular weight is 478 g/mol. The number of nitrogens with zero attached hydrogens (tertiary/aromatic N) is 4. The number of benzene rings is 3. The summed E-state index contributed by atoms with van der Waals surface area (Å²) in [5.74, 6) is 0.824. The van der Waals surface area contributed by atoms with Crippen molar-refractivity contribution in [2.75, 3.05) is 0 Å². The minimum Gasteiger partial charge on any atom is -0.421 e. The normalized spacial score (nSPS) is 10.9. The molecule has 7 heteroatoms. The van der Waals surface area contributed by atoms with Gasteiger partial charge < -0.3 is 9.73 Å². The maximum absolute atomic E-state index is 12.6. The van der Waals surface area contributed by atoms with Crippen LogP contribution >= 0.6 is 0 Å². The summed E-state index contributed by atoms with van der Waals surface area (Å²) in [4.78, 5) is 12.6. The van der Waals surface area contributed by atoms with E-state index in [1.807, 2.05) is 90.6 Å². The first-order valence-electron chi connectivity index (χ1n) is 12.0. The van der Waals surface area contributed by atoms with Gasteiger partial charge in [0.05, 0.1) is 12.2 Å². The van der Waals surface area contributed by atoms with Crippen molar-refractivity contribution in [3.05, 3.63) is 114 Å². The van der Waals surface area contributed by atoms with Gasteiger partial charge in [0.15, 0.2) is 0 Å². The average Bonchev–Trinajstić information content (AvgIpc) is 3.55. The van der Waals surface area contributed by atoms with E-state index in [-0.39, 0.29) is 12.3 Å². The Bertz CT molecular complexity index is 1420. The molecule has 0 spiro atoms. The van der Waals surface area contributed by atoms with Gasteiger partial charge in [-0.15, -0.1) is 10.2 Å². The maximum atomic E-state index is 12.6. The number of rotatable bonds is 9. The Labute approximate surface area is 209 Å². The molecule has 3 aromatic carbocycles. The Balaban J connectivity index is 1.22. The van der Waals surface area contributed by atoms with Gasteiger partial charge >= 0.3 is 0 Å². The van der Waals surface area contributed by atoms with E-state index in [0.29, 0.717) is 31.3 Å². The van der Waals surface area contributed by atoms with Crippen molar-refractivity contribution in [3.8, 4) is 22.7 Å². The summed E-state index contributed by atoms with van der Waals surface area (Å²) in [6.07, 6.45) is 2.64. The highest BCUT2D eigenvalue weighted by Gasteiger charge is 2.14. The van der Waals surface area contributed by atoms with Crippen LogP contribution < -0.4 is 5.32 Å². The summed E-state index contributed by atoms with van der Waals surface area (Å²) < 4.78 is 7.66. The van der Waals surface area contributed by atoms with E-state index >= 15 is 0 Å². The molecule has 0 radical (unpaired) electrons. The van der Waals surface area contributed by atoms with Crippen molar-refractivity contribution in [3.63, 3.8) is 0 Å². The first-order chi connectivity index (χ1) is 17.6. The minimum absolute atomic E-state index is 0.0834. The van der Waals surface area contributed by atoms with Crippen LogP contribution in [-0.4, -0.2) is 25.9 Å². The number of aryl methyl sites for hydroxylation is 2. The molecule has 36 heavy (non-hydrogen) atoms. The molecule has 2 aromatic heterocycles. The quantitative estimate of drug-likeness (QED) is 0.315. The zero-order chi connectivity index (χ0) is 24.7. The first-order valence-corrected chi connectivity index (χ1v) is 12.0. The fourth-order valence-electron chi connectivity index (χ4n) is 3.95. The summed E-state index contributed by atoms with van der Waals surface area (Å²) >= 11 is 0. The number of carbonyl (C=O) groups excluding carboxylic acids is 1. The van der Waals surface area contributed by atoms with Gasteiger partial charge in [-0.3, -0.25) is 9.48 Å². The molecular formula is C29H27N5O2. The van der Waals surface area contributed by atoms with Gasteiger partial charge in [0.1, 0.15) is 0 Å². The molecule has 0 aliphatic carbocycles. The second kappa shape index (κ2) is 10.8. The van der Waals surface area contributed by atoms with Gasteiger partial charge in [0, 0.05) is 42.3 Å². The molecule has 5 rings (SSSR count). The van der Waals surface area contributed by atoms with Crippen molar-refractivity contribution in [1.29, 1.82) is 0 Å². The Morgan fingerprint density at radius 2 is 1.61 bits per heavy atom. The Morgan fingerprint density at radius 3 is 2.36 bits per heavy atom. The largest absolute Gasteiger partial charge is 0.421 e. The van der Waals surface area contributed by atoms with Crippen LogP contribution in [0.4, 0.5) is 0 Å². The summed E-state index contributed by atoms with van der Waals surface area (Å²) in [5.41, 5.74) is 6.04. The third kappa shape index (κ3) is 5.75. The Hall–Kier alpha value is -4.52. The standard InChI is InChI=1S/C29H27N5O2/c1-21-12-14-24(15-13-21)29-32-31-27(36-29)17-16-26(35)30-18-25-20-34(19-22-8-4-2-5-9-22)33-28(25)23-10-6-3-7-11-23/h2-15,20H,16-19H2,1H3,(H,30,35). The predicted octanol–water partition coefficient (Wildman–Crippen LogP) is 5.21. The van der Waals surface area contributed by atoms with Gasteiger partial charge in [0.2, 0.25) is 17.7 Å². The number of nitrogens with one attached hydrogen (secondary N) is 1. The first kappa shape index (κ1) is 23.2. The van der Waals surface area contributed by atoms with E-state index in [4.69, 9.17) is 9.52 Å². The van der Waals surface area contributed by atoms with Crippen LogP contribution in [0, 0.1) is 6.92 Å². The molecule has 0 atom stereocenters. The van der Waals surface area contributed by atoms with Crippen LogP contribution in [0.25, 0.3) is 22.7 Å². The lowest BCUT2D eigenvalue weighted by molar-refractivity contribution is -0.121. The number of aromatic nitrogens is 4. The third-order valence-corrected chi connectivity index (χ3v) is 5.88. The topological polar surface area (TPSA) is 85.8 Å². The number of carbonyl (C=O) groups is 1. The SMILES string of the molecule is Cc1ccc(-c2nnc(CCC(=O)NCc3cn(Cc4ccccc4)nc3-c3ccccc3)o2)cc1.